The summed E-state index contributed by atoms with van der Waals surface area (Å²) in [6.07, 6.45) is 1.42. The van der Waals surface area contributed by atoms with Crippen molar-refractivity contribution in [2.75, 3.05) is 69.9 Å². The third-order valence-corrected chi connectivity index (χ3v) is 10.2. The van der Waals surface area contributed by atoms with Crippen molar-refractivity contribution in [2.45, 2.75) is 28.7 Å². The number of primary amides is 1. The second kappa shape index (κ2) is 13.3. The number of nitrogens with one attached hydrogen (secondary N) is 2. The summed E-state index contributed by atoms with van der Waals surface area (Å²) in [4.78, 5) is 16.5. The topological polar surface area (TPSA) is 143 Å². The smallest absolute Gasteiger partial charge is 0.250 e. The summed E-state index contributed by atoms with van der Waals surface area (Å²) >= 11 is 0. The normalized spacial score (nSPS) is 16.5. The summed E-state index contributed by atoms with van der Waals surface area (Å²) < 4.78 is 66.2. The van der Waals surface area contributed by atoms with Crippen LogP contribution in [0, 0.1) is 11.6 Å². The van der Waals surface area contributed by atoms with E-state index in [4.69, 9.17) is 15.2 Å². The number of hydrogen-bond acceptors (Lipinski definition) is 9. The molecule has 2 aliphatic heterocycles. The lowest BCUT2D eigenvalue weighted by Gasteiger charge is -2.31. The number of sulfone groups is 1. The van der Waals surface area contributed by atoms with Gasteiger partial charge >= 0.3 is 0 Å². The van der Waals surface area contributed by atoms with E-state index in [1.165, 1.54) is 12.1 Å². The molecule has 0 aliphatic carbocycles. The van der Waals surface area contributed by atoms with E-state index in [2.05, 4.69) is 25.3 Å². The number of H-pyrrole nitrogens is 1. The number of likely N-dealkylation sites (N-methyl/N-ethyl adjacent to an activating group) is 1. The molecule has 2 aliphatic rings. The average molecular weight is 655 g/mol. The standard InChI is InChI=1S/C32H36F2N6O5S/c1-39(8-9-40-10-14-45-15-11-40)28-5-3-25(32(35)41)30(36-22-6-12-44-13-7-22)29(28)31-26-19-23(2-4-27(26)37-38-31)46(42,43)24-17-20(33)16-21(34)18-24/h2-5,16-19,22,36H,6-15H2,1H3,(H2,35,41)(H,37,38). The molecular weight excluding hydrogens is 618 g/mol. The van der Waals surface area contributed by atoms with Gasteiger partial charge in [-0.25, -0.2) is 17.2 Å². The van der Waals surface area contributed by atoms with Gasteiger partial charge in [0.05, 0.1) is 45.3 Å². The molecule has 1 amide bonds. The fourth-order valence-electron chi connectivity index (χ4n) is 5.96. The van der Waals surface area contributed by atoms with Crippen LogP contribution < -0.4 is 16.0 Å². The quantitative estimate of drug-likeness (QED) is 0.233. The van der Waals surface area contributed by atoms with Crippen LogP contribution in [0.2, 0.25) is 0 Å². The van der Waals surface area contributed by atoms with E-state index in [1.807, 2.05) is 13.1 Å². The molecule has 0 radical (unpaired) electrons. The van der Waals surface area contributed by atoms with Gasteiger partial charge in [0, 0.05) is 69.6 Å². The van der Waals surface area contributed by atoms with Gasteiger partial charge in [0.2, 0.25) is 9.84 Å². The van der Waals surface area contributed by atoms with Crippen LogP contribution in [0.25, 0.3) is 22.2 Å². The zero-order chi connectivity index (χ0) is 32.4. The zero-order valence-electron chi connectivity index (χ0n) is 25.4. The highest BCUT2D eigenvalue weighted by Gasteiger charge is 2.28. The van der Waals surface area contributed by atoms with Crippen molar-refractivity contribution < 1.29 is 31.5 Å². The highest BCUT2D eigenvalue weighted by Crippen LogP contribution is 2.43. The Hall–Kier alpha value is -4.11. The first-order valence-corrected chi connectivity index (χ1v) is 16.6. The lowest BCUT2D eigenvalue weighted by Crippen LogP contribution is -2.40. The van der Waals surface area contributed by atoms with E-state index in [0.717, 1.165) is 37.5 Å². The van der Waals surface area contributed by atoms with Gasteiger partial charge in [-0.15, -0.1) is 0 Å². The van der Waals surface area contributed by atoms with Gasteiger partial charge < -0.3 is 25.4 Å². The molecule has 0 spiro atoms. The summed E-state index contributed by atoms with van der Waals surface area (Å²) in [6, 6.07) is 10.0. The predicted octanol–water partition coefficient (Wildman–Crippen LogP) is 3.80. The van der Waals surface area contributed by atoms with Crippen LogP contribution >= 0.6 is 0 Å². The Morgan fingerprint density at radius 2 is 1.72 bits per heavy atom. The molecular formula is C32H36F2N6O5S. The van der Waals surface area contributed by atoms with Crippen molar-refractivity contribution in [3.8, 4) is 11.3 Å². The number of benzene rings is 3. The molecule has 0 atom stereocenters. The van der Waals surface area contributed by atoms with E-state index in [0.29, 0.717) is 79.7 Å². The van der Waals surface area contributed by atoms with Crippen LogP contribution in [0.1, 0.15) is 23.2 Å². The molecule has 0 unspecified atom stereocenters. The number of amides is 1. The Bertz CT molecular complexity index is 1840. The summed E-state index contributed by atoms with van der Waals surface area (Å²) in [5.41, 5.74) is 8.91. The number of aromatic nitrogens is 2. The van der Waals surface area contributed by atoms with E-state index in [1.54, 1.807) is 12.1 Å². The maximum Gasteiger partial charge on any atom is 0.250 e. The van der Waals surface area contributed by atoms with Crippen LogP contribution in [-0.2, 0) is 19.3 Å². The molecule has 0 saturated carbocycles. The Morgan fingerprint density at radius 3 is 2.41 bits per heavy atom. The van der Waals surface area contributed by atoms with Crippen molar-refractivity contribution in [1.29, 1.82) is 0 Å². The lowest BCUT2D eigenvalue weighted by molar-refractivity contribution is 0.0393. The maximum atomic E-state index is 14.0. The first kappa shape index (κ1) is 31.9. The molecule has 1 aromatic heterocycles. The molecule has 6 rings (SSSR count). The van der Waals surface area contributed by atoms with E-state index < -0.39 is 32.3 Å². The van der Waals surface area contributed by atoms with Gasteiger partial charge in [-0.2, -0.15) is 5.10 Å². The molecule has 46 heavy (non-hydrogen) atoms. The summed E-state index contributed by atoms with van der Waals surface area (Å²) in [7, 11) is -2.36. The number of nitrogens with two attached hydrogens (primary N) is 1. The molecule has 14 heteroatoms. The molecule has 0 bridgehead atoms. The number of carbonyl (C=O) groups excluding carboxylic acids is 1. The monoisotopic (exact) mass is 654 g/mol. The summed E-state index contributed by atoms with van der Waals surface area (Å²) in [6.45, 7) is 5.54. The van der Waals surface area contributed by atoms with Crippen LogP contribution in [-0.4, -0.2) is 95.1 Å². The molecule has 4 aromatic rings. The van der Waals surface area contributed by atoms with E-state index >= 15 is 0 Å². The molecule has 4 N–H and O–H groups in total. The molecule has 2 saturated heterocycles. The van der Waals surface area contributed by atoms with E-state index in [-0.39, 0.29) is 16.5 Å². The first-order chi connectivity index (χ1) is 22.1. The van der Waals surface area contributed by atoms with Crippen LogP contribution in [0.5, 0.6) is 0 Å². The van der Waals surface area contributed by atoms with E-state index in [9.17, 15) is 22.0 Å². The minimum absolute atomic E-state index is 0.0106. The van der Waals surface area contributed by atoms with Gasteiger partial charge in [0.25, 0.3) is 5.91 Å². The number of carbonyl (C=O) groups is 1. The third-order valence-electron chi connectivity index (χ3n) is 8.51. The number of rotatable bonds is 10. The number of fused-ring (bicyclic) bond motifs is 1. The minimum atomic E-state index is -4.31. The van der Waals surface area contributed by atoms with Crippen molar-refractivity contribution in [3.63, 3.8) is 0 Å². The van der Waals surface area contributed by atoms with Crippen molar-refractivity contribution >= 4 is 38.0 Å². The van der Waals surface area contributed by atoms with Crippen molar-refractivity contribution in [2.24, 2.45) is 5.73 Å². The summed E-state index contributed by atoms with van der Waals surface area (Å²) in [5.74, 6) is -2.63. The molecule has 3 heterocycles. The summed E-state index contributed by atoms with van der Waals surface area (Å²) in [5, 5.41) is 11.6. The van der Waals surface area contributed by atoms with Crippen molar-refractivity contribution in [3.05, 3.63) is 65.7 Å². The zero-order valence-corrected chi connectivity index (χ0v) is 26.2. The van der Waals surface area contributed by atoms with Gasteiger partial charge in [-0.1, -0.05) is 0 Å². The number of nitrogens with zero attached hydrogens (tertiary/aromatic N) is 3. The van der Waals surface area contributed by atoms with Gasteiger partial charge in [0.1, 0.15) is 17.3 Å². The number of halogens is 2. The molecule has 11 nitrogen and oxygen atoms in total. The second-order valence-corrected chi connectivity index (χ2v) is 13.5. The van der Waals surface area contributed by atoms with Crippen molar-refractivity contribution in [1.82, 2.24) is 15.1 Å². The highest BCUT2D eigenvalue weighted by atomic mass is 32.2. The predicted molar refractivity (Wildman–Crippen MR) is 170 cm³/mol. The number of morpholine rings is 1. The Labute approximate surface area is 265 Å². The van der Waals surface area contributed by atoms with Crippen LogP contribution in [0.15, 0.2) is 58.3 Å². The minimum Gasteiger partial charge on any atom is -0.381 e. The number of aromatic amines is 1. The Kier molecular flexibility index (Phi) is 9.22. The number of ether oxygens (including phenoxy) is 2. The molecule has 3 aromatic carbocycles. The lowest BCUT2D eigenvalue weighted by atomic mass is 9.97. The fraction of sp³-hybridized carbons (Fsp3) is 0.375. The number of anilines is 2. The van der Waals surface area contributed by atoms with Gasteiger partial charge in [0.15, 0.2) is 0 Å². The molecule has 244 valence electrons. The third kappa shape index (κ3) is 6.56. The van der Waals surface area contributed by atoms with Crippen LogP contribution in [0.4, 0.5) is 20.2 Å². The highest BCUT2D eigenvalue weighted by molar-refractivity contribution is 7.91. The second-order valence-electron chi connectivity index (χ2n) is 11.5. The maximum absolute atomic E-state index is 14.0. The van der Waals surface area contributed by atoms with Crippen LogP contribution in [0.3, 0.4) is 0 Å². The fourth-order valence-corrected chi connectivity index (χ4v) is 7.29. The molecule has 2 fully saturated rings. The number of hydrogen-bond donors (Lipinski definition) is 3. The first-order valence-electron chi connectivity index (χ1n) is 15.1. The largest absolute Gasteiger partial charge is 0.381 e. The average Bonchev–Trinajstić information content (AvgIpc) is 3.47. The SMILES string of the molecule is CN(CCN1CCOCC1)c1ccc(C(N)=O)c(NC2CCOCC2)c1-c1n[nH]c2ccc(S(=O)(=O)c3cc(F)cc(F)c3)cc12. The van der Waals surface area contributed by atoms with Gasteiger partial charge in [-0.3, -0.25) is 14.8 Å². The Balaban J connectivity index is 1.49. The Morgan fingerprint density at radius 1 is 1.02 bits per heavy atom. The van der Waals surface area contributed by atoms with Gasteiger partial charge in [-0.05, 0) is 55.3 Å².